The van der Waals surface area contributed by atoms with Crippen LogP contribution in [0.5, 0.6) is 0 Å². The van der Waals surface area contributed by atoms with E-state index in [4.69, 9.17) is 18.9 Å². The molecule has 0 radical (unpaired) electrons. The van der Waals surface area contributed by atoms with E-state index in [2.05, 4.69) is 36.3 Å². The maximum atomic E-state index is 12.2. The molecular weight excluding hydrogens is 432 g/mol. The fourth-order valence-corrected chi connectivity index (χ4v) is 5.20. The van der Waals surface area contributed by atoms with Crippen molar-refractivity contribution < 1.29 is 23.7 Å². The topological polar surface area (TPSA) is 78.0 Å². The second-order valence-electron chi connectivity index (χ2n) is 9.88. The molecule has 1 fully saturated rings. The average molecular weight is 481 g/mol. The molecule has 0 bridgehead atoms. The van der Waals surface area contributed by atoms with Crippen LogP contribution in [-0.4, -0.2) is 64.2 Å². The van der Waals surface area contributed by atoms with Gasteiger partial charge in [0, 0.05) is 19.5 Å². The van der Waals surface area contributed by atoms with E-state index in [1.807, 2.05) is 20.8 Å². The molecule has 0 spiro atoms. The van der Waals surface area contributed by atoms with Gasteiger partial charge in [-0.3, -0.25) is 4.79 Å². The highest BCUT2D eigenvalue weighted by molar-refractivity contribution is 5.75. The second-order valence-corrected chi connectivity index (χ2v) is 9.88. The minimum absolute atomic E-state index is 0.0225. The summed E-state index contributed by atoms with van der Waals surface area (Å²) in [5.74, 6) is 2.22. The van der Waals surface area contributed by atoms with Crippen LogP contribution in [0.3, 0.4) is 0 Å². The Morgan fingerprint density at radius 3 is 2.41 bits per heavy atom. The third-order valence-electron chi connectivity index (χ3n) is 7.04. The summed E-state index contributed by atoms with van der Waals surface area (Å²) >= 11 is 0. The zero-order valence-electron chi connectivity index (χ0n) is 21.9. The predicted octanol–water partition coefficient (Wildman–Crippen LogP) is 4.19. The third-order valence-corrected chi connectivity index (χ3v) is 7.04. The van der Waals surface area contributed by atoms with E-state index in [-0.39, 0.29) is 18.1 Å². The molecule has 0 saturated heterocycles. The number of carbonyl (C=O) groups excluding carboxylic acids is 1. The molecule has 0 aromatic heterocycles. The molecule has 7 nitrogen and oxygen atoms in total. The highest BCUT2D eigenvalue weighted by Crippen LogP contribution is 2.65. The number of fused-ring (bicyclic) bond motifs is 1. The lowest BCUT2D eigenvalue weighted by molar-refractivity contribution is -0.121. The summed E-state index contributed by atoms with van der Waals surface area (Å²) in [5, 5.41) is 6.04. The van der Waals surface area contributed by atoms with Crippen LogP contribution in [0.25, 0.3) is 0 Å². The second kappa shape index (κ2) is 15.4. The van der Waals surface area contributed by atoms with E-state index in [9.17, 15) is 4.79 Å². The molecule has 1 amide bonds. The number of allylic oxidation sites excluding steroid dienone is 2. The molecule has 7 heteroatoms. The fraction of sp³-hybridized carbons (Fsp3) is 0.815. The molecular formula is C27H48N2O5. The minimum atomic E-state index is -0.0354. The highest BCUT2D eigenvalue weighted by atomic mass is 16.6. The summed E-state index contributed by atoms with van der Waals surface area (Å²) in [5.41, 5.74) is 0.460. The number of amides is 1. The van der Waals surface area contributed by atoms with Crippen molar-refractivity contribution in [2.75, 3.05) is 46.1 Å². The van der Waals surface area contributed by atoms with Crippen LogP contribution >= 0.6 is 0 Å². The van der Waals surface area contributed by atoms with Crippen molar-refractivity contribution in [2.45, 2.75) is 78.4 Å². The summed E-state index contributed by atoms with van der Waals surface area (Å²) in [6.07, 6.45) is 11.1. The van der Waals surface area contributed by atoms with Crippen LogP contribution in [0.4, 0.5) is 0 Å². The predicted molar refractivity (Wildman–Crippen MR) is 135 cm³/mol. The lowest BCUT2D eigenvalue weighted by Crippen LogP contribution is -2.30. The van der Waals surface area contributed by atoms with Gasteiger partial charge in [0.15, 0.2) is 5.88 Å². The SMILES string of the molecule is C=C(NCCOCC(C)OC(C)COCCNC(=O)CC[C@@H]1C2CC/C=C\CCC21C)OCC. The highest BCUT2D eigenvalue weighted by Gasteiger charge is 2.58. The monoisotopic (exact) mass is 480 g/mol. The zero-order valence-corrected chi connectivity index (χ0v) is 21.9. The average Bonchev–Trinajstić information content (AvgIpc) is 3.32. The largest absolute Gasteiger partial charge is 0.480 e. The Labute approximate surface area is 207 Å². The normalized spacial score (nSPS) is 26.4. The van der Waals surface area contributed by atoms with Gasteiger partial charge in [-0.1, -0.05) is 19.1 Å². The molecule has 0 aromatic rings. The van der Waals surface area contributed by atoms with Gasteiger partial charge in [-0.25, -0.2) is 0 Å². The molecule has 4 unspecified atom stereocenters. The van der Waals surface area contributed by atoms with E-state index in [1.165, 1.54) is 25.7 Å². The zero-order chi connectivity index (χ0) is 24.8. The van der Waals surface area contributed by atoms with Crippen molar-refractivity contribution in [2.24, 2.45) is 17.3 Å². The molecule has 2 aliphatic rings. The standard InChI is InChI=1S/C27H48N2O5/c1-6-33-23(4)28-15-17-31-19-21(2)34-22(3)20-32-18-16-29-26(30)13-12-25-24-11-9-7-8-10-14-27(24,25)5/h7-8,21-22,24-25,28H,4,6,9-20H2,1-3,5H3,(H,29,30)/b8-7-/t21?,22?,24?,25-,27?/m1/s1. The maximum absolute atomic E-state index is 12.2. The van der Waals surface area contributed by atoms with Crippen molar-refractivity contribution in [3.8, 4) is 0 Å². The first-order valence-corrected chi connectivity index (χ1v) is 13.1. The van der Waals surface area contributed by atoms with Gasteiger partial charge >= 0.3 is 0 Å². The van der Waals surface area contributed by atoms with Gasteiger partial charge in [-0.15, -0.1) is 0 Å². The smallest absolute Gasteiger partial charge is 0.220 e. The molecule has 0 aliphatic heterocycles. The summed E-state index contributed by atoms with van der Waals surface area (Å²) in [7, 11) is 0. The van der Waals surface area contributed by atoms with Gasteiger partial charge in [0.05, 0.1) is 45.2 Å². The van der Waals surface area contributed by atoms with Crippen molar-refractivity contribution in [1.29, 1.82) is 0 Å². The number of hydrogen-bond acceptors (Lipinski definition) is 6. The summed E-state index contributed by atoms with van der Waals surface area (Å²) in [6, 6.07) is 0. The van der Waals surface area contributed by atoms with Crippen molar-refractivity contribution in [1.82, 2.24) is 10.6 Å². The van der Waals surface area contributed by atoms with Crippen molar-refractivity contribution >= 4 is 5.91 Å². The summed E-state index contributed by atoms with van der Waals surface area (Å²) < 4.78 is 22.4. The lowest BCUT2D eigenvalue weighted by atomic mass is 9.94. The van der Waals surface area contributed by atoms with Crippen molar-refractivity contribution in [3.05, 3.63) is 24.6 Å². The Balaban J connectivity index is 1.43. The lowest BCUT2D eigenvalue weighted by Gasteiger charge is -2.19. The van der Waals surface area contributed by atoms with Crippen LogP contribution in [-0.2, 0) is 23.7 Å². The first-order valence-electron chi connectivity index (χ1n) is 13.1. The third kappa shape index (κ3) is 10.4. The quantitative estimate of drug-likeness (QED) is 0.174. The summed E-state index contributed by atoms with van der Waals surface area (Å²) in [4.78, 5) is 12.2. The van der Waals surface area contributed by atoms with E-state index >= 15 is 0 Å². The van der Waals surface area contributed by atoms with Crippen LogP contribution in [0.1, 0.15) is 66.2 Å². The Morgan fingerprint density at radius 2 is 1.74 bits per heavy atom. The van der Waals surface area contributed by atoms with E-state index in [1.54, 1.807) is 0 Å². The van der Waals surface area contributed by atoms with E-state index < -0.39 is 0 Å². The first-order chi connectivity index (χ1) is 16.4. The number of nitrogens with one attached hydrogen (secondary N) is 2. The molecule has 34 heavy (non-hydrogen) atoms. The minimum Gasteiger partial charge on any atom is -0.480 e. The maximum Gasteiger partial charge on any atom is 0.220 e. The van der Waals surface area contributed by atoms with Crippen LogP contribution in [0.2, 0.25) is 0 Å². The van der Waals surface area contributed by atoms with E-state index in [0.29, 0.717) is 69.8 Å². The van der Waals surface area contributed by atoms with Gasteiger partial charge in [0.2, 0.25) is 5.91 Å². The Morgan fingerprint density at radius 1 is 1.09 bits per heavy atom. The number of ether oxygens (including phenoxy) is 4. The molecule has 2 aliphatic carbocycles. The molecule has 1 saturated carbocycles. The summed E-state index contributed by atoms with van der Waals surface area (Å²) in [6.45, 7) is 15.9. The molecule has 0 aromatic carbocycles. The van der Waals surface area contributed by atoms with Crippen molar-refractivity contribution in [3.63, 3.8) is 0 Å². The Hall–Kier alpha value is -1.57. The molecule has 5 atom stereocenters. The molecule has 0 heterocycles. The molecule has 2 rings (SSSR count). The Bertz CT molecular complexity index is 641. The van der Waals surface area contributed by atoms with Crippen LogP contribution in [0.15, 0.2) is 24.6 Å². The van der Waals surface area contributed by atoms with Gasteiger partial charge < -0.3 is 29.6 Å². The van der Waals surface area contributed by atoms with Gasteiger partial charge in [0.25, 0.3) is 0 Å². The van der Waals surface area contributed by atoms with Crippen LogP contribution < -0.4 is 10.6 Å². The number of hydrogen-bond donors (Lipinski definition) is 2. The van der Waals surface area contributed by atoms with Gasteiger partial charge in [0.1, 0.15) is 0 Å². The van der Waals surface area contributed by atoms with E-state index in [0.717, 1.165) is 12.3 Å². The molecule has 196 valence electrons. The van der Waals surface area contributed by atoms with Crippen LogP contribution in [0, 0.1) is 17.3 Å². The van der Waals surface area contributed by atoms with Gasteiger partial charge in [-0.2, -0.15) is 0 Å². The van der Waals surface area contributed by atoms with Gasteiger partial charge in [-0.05, 0) is 76.7 Å². The first kappa shape index (κ1) is 28.7. The number of carbonyl (C=O) groups is 1. The molecule has 2 N–H and O–H groups in total. The Kier molecular flexibility index (Phi) is 13.0. The fourth-order valence-electron chi connectivity index (χ4n) is 5.20. The number of rotatable bonds is 18.